The summed E-state index contributed by atoms with van der Waals surface area (Å²) in [5.74, 6) is -0.190. The Morgan fingerprint density at radius 1 is 1.03 bits per heavy atom. The number of ether oxygens (including phenoxy) is 2. The second kappa shape index (κ2) is 11.8. The molecule has 0 unspecified atom stereocenters. The van der Waals surface area contributed by atoms with E-state index in [1.54, 1.807) is 19.2 Å². The Morgan fingerprint density at radius 2 is 1.84 bits per heavy atom. The smallest absolute Gasteiger partial charge is 0.340 e. The van der Waals surface area contributed by atoms with Gasteiger partial charge >= 0.3 is 5.97 Å². The lowest BCUT2D eigenvalue weighted by atomic mass is 9.97. The van der Waals surface area contributed by atoms with Crippen molar-refractivity contribution in [3.8, 4) is 5.75 Å². The van der Waals surface area contributed by atoms with Gasteiger partial charge in [-0.2, -0.15) is 0 Å². The number of hydrogen-bond donors (Lipinski definition) is 2. The van der Waals surface area contributed by atoms with Crippen LogP contribution in [0.2, 0.25) is 0 Å². The maximum atomic E-state index is 12.5. The molecule has 0 bridgehead atoms. The lowest BCUT2D eigenvalue weighted by molar-refractivity contribution is -0.124. The molecule has 0 heterocycles. The van der Waals surface area contributed by atoms with Gasteiger partial charge in [0.2, 0.25) is 0 Å². The van der Waals surface area contributed by atoms with Crippen molar-refractivity contribution in [1.29, 1.82) is 0 Å². The maximum Gasteiger partial charge on any atom is 0.340 e. The molecule has 1 aliphatic carbocycles. The van der Waals surface area contributed by atoms with Crippen molar-refractivity contribution >= 4 is 17.6 Å². The van der Waals surface area contributed by atoms with Crippen molar-refractivity contribution in [1.82, 2.24) is 5.32 Å². The first-order valence-electron chi connectivity index (χ1n) is 10.7. The minimum atomic E-state index is -0.521. The third-order valence-corrected chi connectivity index (χ3v) is 5.30. The third kappa shape index (κ3) is 6.88. The maximum absolute atomic E-state index is 12.5. The summed E-state index contributed by atoms with van der Waals surface area (Å²) in [6.07, 6.45) is 8.16. The van der Waals surface area contributed by atoms with Crippen LogP contribution in [0.15, 0.2) is 60.2 Å². The van der Waals surface area contributed by atoms with E-state index in [9.17, 15) is 9.59 Å². The summed E-state index contributed by atoms with van der Waals surface area (Å²) in [5.41, 5.74) is 3.48. The molecule has 0 radical (unpaired) electrons. The van der Waals surface area contributed by atoms with Crippen molar-refractivity contribution in [3.63, 3.8) is 0 Å². The van der Waals surface area contributed by atoms with Crippen molar-refractivity contribution < 1.29 is 19.1 Å². The molecule has 31 heavy (non-hydrogen) atoms. The monoisotopic (exact) mass is 422 g/mol. The first-order valence-corrected chi connectivity index (χ1v) is 10.7. The van der Waals surface area contributed by atoms with Gasteiger partial charge in [0.15, 0.2) is 6.61 Å². The lowest BCUT2D eigenvalue weighted by Gasteiger charge is -2.15. The number of nitrogens with one attached hydrogen (secondary N) is 2. The van der Waals surface area contributed by atoms with Gasteiger partial charge in [-0.05, 0) is 50.3 Å². The fourth-order valence-electron chi connectivity index (χ4n) is 3.61. The normalized spacial score (nSPS) is 13.1. The van der Waals surface area contributed by atoms with Crippen LogP contribution in [-0.4, -0.2) is 32.1 Å². The van der Waals surface area contributed by atoms with Crippen LogP contribution in [0, 0.1) is 0 Å². The Balaban J connectivity index is 1.47. The van der Waals surface area contributed by atoms with E-state index in [1.165, 1.54) is 18.4 Å². The number of para-hydroxylation sites is 2. The molecule has 164 valence electrons. The van der Waals surface area contributed by atoms with Crippen molar-refractivity contribution in [3.05, 3.63) is 71.3 Å². The second-order valence-corrected chi connectivity index (χ2v) is 7.50. The number of esters is 1. The molecule has 2 N–H and O–H groups in total. The lowest BCUT2D eigenvalue weighted by Crippen LogP contribution is -2.28. The van der Waals surface area contributed by atoms with E-state index in [-0.39, 0.29) is 12.5 Å². The molecule has 0 saturated carbocycles. The fourth-order valence-corrected chi connectivity index (χ4v) is 3.61. The predicted molar refractivity (Wildman–Crippen MR) is 121 cm³/mol. The van der Waals surface area contributed by atoms with Crippen LogP contribution < -0.4 is 15.4 Å². The number of rotatable bonds is 10. The van der Waals surface area contributed by atoms with Crippen LogP contribution in [0.5, 0.6) is 5.75 Å². The van der Waals surface area contributed by atoms with E-state index in [0.29, 0.717) is 17.9 Å². The summed E-state index contributed by atoms with van der Waals surface area (Å²) in [6, 6.07) is 14.7. The summed E-state index contributed by atoms with van der Waals surface area (Å²) < 4.78 is 10.5. The molecule has 0 spiro atoms. The topological polar surface area (TPSA) is 76.7 Å². The highest BCUT2D eigenvalue weighted by Crippen LogP contribution is 2.21. The van der Waals surface area contributed by atoms with Crippen LogP contribution in [0.1, 0.15) is 48.0 Å². The van der Waals surface area contributed by atoms with E-state index >= 15 is 0 Å². The van der Waals surface area contributed by atoms with Crippen LogP contribution in [0.25, 0.3) is 0 Å². The number of amides is 1. The first-order chi connectivity index (χ1) is 15.2. The summed E-state index contributed by atoms with van der Waals surface area (Å²) >= 11 is 0. The van der Waals surface area contributed by atoms with E-state index < -0.39 is 5.97 Å². The van der Waals surface area contributed by atoms with Gasteiger partial charge in [-0.1, -0.05) is 42.0 Å². The SMILES string of the molecule is COc1ccccc1CNC(=O)COC(=O)c1ccccc1NCCC1=CCCCC1. The van der Waals surface area contributed by atoms with Gasteiger partial charge in [-0.3, -0.25) is 4.79 Å². The Bertz CT molecular complexity index is 923. The number of anilines is 1. The van der Waals surface area contributed by atoms with Gasteiger partial charge in [0.1, 0.15) is 5.75 Å². The first kappa shape index (κ1) is 22.4. The zero-order valence-electron chi connectivity index (χ0n) is 18.0. The van der Waals surface area contributed by atoms with Crippen LogP contribution >= 0.6 is 0 Å². The van der Waals surface area contributed by atoms with Crippen molar-refractivity contribution in [2.45, 2.75) is 38.6 Å². The quantitative estimate of drug-likeness (QED) is 0.436. The summed E-state index contributed by atoms with van der Waals surface area (Å²) in [4.78, 5) is 24.7. The zero-order chi connectivity index (χ0) is 21.9. The highest BCUT2D eigenvalue weighted by molar-refractivity contribution is 5.96. The number of allylic oxidation sites excluding steroid dienone is 1. The Labute approximate surface area is 183 Å². The fraction of sp³-hybridized carbons (Fsp3) is 0.360. The number of carbonyl (C=O) groups excluding carboxylic acids is 2. The molecule has 3 rings (SSSR count). The van der Waals surface area contributed by atoms with E-state index in [2.05, 4.69) is 16.7 Å². The minimum absolute atomic E-state index is 0.300. The largest absolute Gasteiger partial charge is 0.496 e. The molecule has 1 aliphatic rings. The van der Waals surface area contributed by atoms with Crippen LogP contribution in [0.4, 0.5) is 5.69 Å². The van der Waals surface area contributed by atoms with Gasteiger partial charge in [0, 0.05) is 24.3 Å². The minimum Gasteiger partial charge on any atom is -0.496 e. The highest BCUT2D eigenvalue weighted by atomic mass is 16.5. The van der Waals surface area contributed by atoms with Gasteiger partial charge in [0.05, 0.1) is 12.7 Å². The molecule has 0 aromatic heterocycles. The predicted octanol–water partition coefficient (Wildman–Crippen LogP) is 4.47. The second-order valence-electron chi connectivity index (χ2n) is 7.50. The molecule has 0 saturated heterocycles. The van der Waals surface area contributed by atoms with Gasteiger partial charge in [0.25, 0.3) is 5.91 Å². The highest BCUT2D eigenvalue weighted by Gasteiger charge is 2.15. The van der Waals surface area contributed by atoms with E-state index in [0.717, 1.165) is 37.1 Å². The number of carbonyl (C=O) groups is 2. The average molecular weight is 423 g/mol. The number of benzene rings is 2. The van der Waals surface area contributed by atoms with Crippen LogP contribution in [0.3, 0.4) is 0 Å². The third-order valence-electron chi connectivity index (χ3n) is 5.30. The molecule has 1 amide bonds. The van der Waals surface area contributed by atoms with Gasteiger partial charge in [-0.15, -0.1) is 0 Å². The van der Waals surface area contributed by atoms with Gasteiger partial charge < -0.3 is 20.1 Å². The molecule has 6 heteroatoms. The standard InChI is InChI=1S/C25H30N2O4/c1-30-23-14-8-5-11-20(23)17-27-24(28)18-31-25(29)21-12-6-7-13-22(21)26-16-15-19-9-3-2-4-10-19/h5-9,11-14,26H,2-4,10,15-18H2,1H3,(H,27,28). The molecule has 0 aliphatic heterocycles. The summed E-state index contributed by atoms with van der Waals surface area (Å²) in [5, 5.41) is 6.08. The Kier molecular flexibility index (Phi) is 8.52. The molecule has 2 aromatic carbocycles. The molecule has 2 aromatic rings. The van der Waals surface area contributed by atoms with E-state index in [1.807, 2.05) is 36.4 Å². The number of methoxy groups -OCH3 is 1. The molecular weight excluding hydrogens is 392 g/mol. The Hall–Kier alpha value is -3.28. The summed E-state index contributed by atoms with van der Waals surface area (Å²) in [6.45, 7) is 0.721. The molecule has 0 atom stereocenters. The number of hydrogen-bond acceptors (Lipinski definition) is 5. The average Bonchev–Trinajstić information content (AvgIpc) is 2.82. The zero-order valence-corrected chi connectivity index (χ0v) is 18.0. The summed E-state index contributed by atoms with van der Waals surface area (Å²) in [7, 11) is 1.58. The Morgan fingerprint density at radius 3 is 2.65 bits per heavy atom. The van der Waals surface area contributed by atoms with E-state index in [4.69, 9.17) is 9.47 Å². The van der Waals surface area contributed by atoms with Crippen molar-refractivity contribution in [2.75, 3.05) is 25.6 Å². The van der Waals surface area contributed by atoms with Gasteiger partial charge in [-0.25, -0.2) is 4.79 Å². The van der Waals surface area contributed by atoms with Crippen molar-refractivity contribution in [2.24, 2.45) is 0 Å². The van der Waals surface area contributed by atoms with Crippen LogP contribution in [-0.2, 0) is 16.1 Å². The molecular formula is C25H30N2O4. The molecule has 6 nitrogen and oxygen atoms in total. The molecule has 0 fully saturated rings.